The van der Waals surface area contributed by atoms with E-state index in [1.165, 1.54) is 6.07 Å². The minimum Gasteiger partial charge on any atom is -0.392 e. The summed E-state index contributed by atoms with van der Waals surface area (Å²) in [4.78, 5) is 3.88. The van der Waals surface area contributed by atoms with Crippen molar-refractivity contribution in [2.45, 2.75) is 6.61 Å². The van der Waals surface area contributed by atoms with Crippen LogP contribution in [0.1, 0.15) is 5.56 Å². The lowest BCUT2D eigenvalue weighted by molar-refractivity contribution is 0.281. The summed E-state index contributed by atoms with van der Waals surface area (Å²) in [6.45, 7) is -0.196. The first-order chi connectivity index (χ1) is 6.72. The Hall–Kier alpha value is -1.19. The van der Waals surface area contributed by atoms with Gasteiger partial charge in [0.25, 0.3) is 0 Å². The van der Waals surface area contributed by atoms with Crippen LogP contribution in [0.3, 0.4) is 0 Å². The van der Waals surface area contributed by atoms with Gasteiger partial charge in [0.2, 0.25) is 0 Å². The van der Waals surface area contributed by atoms with Gasteiger partial charge in [0, 0.05) is 10.9 Å². The van der Waals surface area contributed by atoms with Gasteiger partial charge in [0.05, 0.1) is 6.61 Å². The Kier molecular flexibility index (Phi) is 2.35. The second-order valence-electron chi connectivity index (χ2n) is 2.91. The van der Waals surface area contributed by atoms with Crippen LogP contribution in [-0.4, -0.2) is 10.1 Å². The van der Waals surface area contributed by atoms with E-state index in [0.717, 1.165) is 0 Å². The van der Waals surface area contributed by atoms with Crippen molar-refractivity contribution in [1.82, 2.24) is 4.98 Å². The first-order valence-corrected chi connectivity index (χ1v) is 4.44. The van der Waals surface area contributed by atoms with E-state index in [9.17, 15) is 4.39 Å². The molecule has 1 N–H and O–H groups in total. The molecule has 4 heteroatoms. The number of halogens is 2. The maximum atomic E-state index is 13.2. The van der Waals surface area contributed by atoms with Gasteiger partial charge in [-0.05, 0) is 12.1 Å². The number of nitrogens with zero attached hydrogens (tertiary/aromatic N) is 1. The lowest BCUT2D eigenvalue weighted by atomic mass is 10.1. The van der Waals surface area contributed by atoms with E-state index in [0.29, 0.717) is 10.9 Å². The quantitative estimate of drug-likeness (QED) is 0.736. The average Bonchev–Trinajstić information content (AvgIpc) is 2.19. The second-order valence-corrected chi connectivity index (χ2v) is 3.27. The summed E-state index contributed by atoms with van der Waals surface area (Å²) in [5, 5.41) is 9.71. The molecule has 2 aromatic rings. The Labute approximate surface area is 85.0 Å². The van der Waals surface area contributed by atoms with Crippen molar-refractivity contribution in [3.8, 4) is 0 Å². The van der Waals surface area contributed by atoms with Crippen molar-refractivity contribution in [2.75, 3.05) is 0 Å². The molecule has 2 rings (SSSR count). The maximum absolute atomic E-state index is 13.2. The van der Waals surface area contributed by atoms with E-state index in [4.69, 9.17) is 16.7 Å². The van der Waals surface area contributed by atoms with Gasteiger partial charge < -0.3 is 5.11 Å². The average molecular weight is 212 g/mol. The molecule has 72 valence electrons. The maximum Gasteiger partial charge on any atom is 0.149 e. The van der Waals surface area contributed by atoms with Crippen LogP contribution in [0.4, 0.5) is 4.39 Å². The molecule has 0 amide bonds. The summed E-state index contributed by atoms with van der Waals surface area (Å²) in [7, 11) is 0. The SMILES string of the molecule is OCc1cc2cccc(F)c2nc1Cl. The van der Waals surface area contributed by atoms with Gasteiger partial charge in [-0.25, -0.2) is 9.37 Å². The number of aromatic nitrogens is 1. The molecule has 1 aromatic heterocycles. The van der Waals surface area contributed by atoms with Crippen molar-refractivity contribution in [3.05, 3.63) is 40.8 Å². The standard InChI is InChI=1S/C10H7ClFNO/c11-10-7(5-14)4-6-2-1-3-8(12)9(6)13-10/h1-4,14H,5H2. The molecule has 14 heavy (non-hydrogen) atoms. The summed E-state index contributed by atoms with van der Waals surface area (Å²) in [5.41, 5.74) is 0.736. The van der Waals surface area contributed by atoms with Crippen LogP contribution in [0.2, 0.25) is 5.15 Å². The number of pyridine rings is 1. The number of rotatable bonds is 1. The molecule has 0 aliphatic heterocycles. The van der Waals surface area contributed by atoms with Crippen LogP contribution < -0.4 is 0 Å². The van der Waals surface area contributed by atoms with Gasteiger partial charge in [-0.2, -0.15) is 0 Å². The third kappa shape index (κ3) is 1.45. The lowest BCUT2D eigenvalue weighted by Gasteiger charge is -2.03. The Morgan fingerprint density at radius 3 is 2.93 bits per heavy atom. The number of hydrogen-bond donors (Lipinski definition) is 1. The van der Waals surface area contributed by atoms with Crippen molar-refractivity contribution < 1.29 is 9.50 Å². The molecule has 0 aliphatic rings. The van der Waals surface area contributed by atoms with Gasteiger partial charge in [-0.1, -0.05) is 23.7 Å². The molecule has 0 saturated heterocycles. The predicted octanol–water partition coefficient (Wildman–Crippen LogP) is 2.52. The molecule has 1 aromatic carbocycles. The zero-order valence-electron chi connectivity index (χ0n) is 7.17. The van der Waals surface area contributed by atoms with E-state index in [-0.39, 0.29) is 17.3 Å². The van der Waals surface area contributed by atoms with Crippen molar-refractivity contribution in [2.24, 2.45) is 0 Å². The van der Waals surface area contributed by atoms with Crippen LogP contribution in [-0.2, 0) is 6.61 Å². The van der Waals surface area contributed by atoms with Gasteiger partial charge in [-0.15, -0.1) is 0 Å². The second kappa shape index (κ2) is 3.52. The summed E-state index contributed by atoms with van der Waals surface area (Å²) in [5.74, 6) is -0.408. The largest absolute Gasteiger partial charge is 0.392 e. The predicted molar refractivity (Wildman–Crippen MR) is 52.6 cm³/mol. The van der Waals surface area contributed by atoms with Crippen molar-refractivity contribution >= 4 is 22.5 Å². The van der Waals surface area contributed by atoms with Crippen LogP contribution in [0.5, 0.6) is 0 Å². The molecular weight excluding hydrogens is 205 g/mol. The smallest absolute Gasteiger partial charge is 0.149 e. The minimum absolute atomic E-state index is 0.144. The van der Waals surface area contributed by atoms with E-state index in [2.05, 4.69) is 4.98 Å². The van der Waals surface area contributed by atoms with Gasteiger partial charge in [0.1, 0.15) is 16.5 Å². The molecule has 0 aliphatic carbocycles. The summed E-state index contributed by atoms with van der Waals surface area (Å²) in [6, 6.07) is 6.27. The van der Waals surface area contributed by atoms with Gasteiger partial charge in [0.15, 0.2) is 0 Å². The number of aliphatic hydroxyl groups excluding tert-OH is 1. The molecule has 1 heterocycles. The number of fused-ring (bicyclic) bond motifs is 1. The topological polar surface area (TPSA) is 33.1 Å². The Morgan fingerprint density at radius 1 is 1.43 bits per heavy atom. The number of hydrogen-bond acceptors (Lipinski definition) is 2. The highest BCUT2D eigenvalue weighted by Gasteiger charge is 2.06. The zero-order valence-corrected chi connectivity index (χ0v) is 7.92. The zero-order chi connectivity index (χ0) is 10.1. The fraction of sp³-hybridized carbons (Fsp3) is 0.100. The Balaban J connectivity index is 2.79. The number of para-hydroxylation sites is 1. The minimum atomic E-state index is -0.408. The molecule has 0 unspecified atom stereocenters. The van der Waals surface area contributed by atoms with E-state index in [1.807, 2.05) is 0 Å². The third-order valence-corrected chi connectivity index (χ3v) is 2.32. The fourth-order valence-electron chi connectivity index (χ4n) is 1.29. The highest BCUT2D eigenvalue weighted by Crippen LogP contribution is 2.22. The van der Waals surface area contributed by atoms with E-state index < -0.39 is 5.82 Å². The van der Waals surface area contributed by atoms with E-state index >= 15 is 0 Å². The van der Waals surface area contributed by atoms with E-state index in [1.54, 1.807) is 18.2 Å². The Morgan fingerprint density at radius 2 is 2.21 bits per heavy atom. The Bertz CT molecular complexity index is 487. The van der Waals surface area contributed by atoms with Crippen LogP contribution >= 0.6 is 11.6 Å². The summed E-state index contributed by atoms with van der Waals surface area (Å²) in [6.07, 6.45) is 0. The number of aliphatic hydroxyl groups is 1. The van der Waals surface area contributed by atoms with Gasteiger partial charge >= 0.3 is 0 Å². The van der Waals surface area contributed by atoms with Crippen LogP contribution in [0.15, 0.2) is 24.3 Å². The molecule has 0 saturated carbocycles. The van der Waals surface area contributed by atoms with Crippen LogP contribution in [0.25, 0.3) is 10.9 Å². The summed E-state index contributed by atoms with van der Waals surface area (Å²) < 4.78 is 13.2. The molecule has 0 radical (unpaired) electrons. The summed E-state index contributed by atoms with van der Waals surface area (Å²) >= 11 is 5.74. The molecule has 0 atom stereocenters. The van der Waals surface area contributed by atoms with Gasteiger partial charge in [-0.3, -0.25) is 0 Å². The first-order valence-electron chi connectivity index (χ1n) is 4.07. The fourth-order valence-corrected chi connectivity index (χ4v) is 1.49. The highest BCUT2D eigenvalue weighted by atomic mass is 35.5. The highest BCUT2D eigenvalue weighted by molar-refractivity contribution is 6.30. The number of benzene rings is 1. The normalized spacial score (nSPS) is 10.8. The molecule has 0 fully saturated rings. The molecule has 0 bridgehead atoms. The molecular formula is C10H7ClFNO. The first kappa shape index (κ1) is 9.37. The van der Waals surface area contributed by atoms with Crippen molar-refractivity contribution in [3.63, 3.8) is 0 Å². The molecule has 0 spiro atoms. The third-order valence-electron chi connectivity index (χ3n) is 1.99. The lowest BCUT2D eigenvalue weighted by Crippen LogP contribution is -1.91. The molecule has 2 nitrogen and oxygen atoms in total. The monoisotopic (exact) mass is 211 g/mol. The van der Waals surface area contributed by atoms with Crippen LogP contribution in [0, 0.1) is 5.82 Å². The van der Waals surface area contributed by atoms with Crippen molar-refractivity contribution in [1.29, 1.82) is 0 Å².